The van der Waals surface area contributed by atoms with Gasteiger partial charge >= 0.3 is 30.0 Å². The van der Waals surface area contributed by atoms with Crippen LogP contribution in [0.4, 0.5) is 4.79 Å². The van der Waals surface area contributed by atoms with Crippen LogP contribution in [0, 0.1) is 0 Å². The molecule has 11 rings (SSSR count). The molecule has 0 amide bonds. The second-order valence-corrected chi connectivity index (χ2v) is 26.1. The summed E-state index contributed by atoms with van der Waals surface area (Å²) < 4.78 is 20.2. The second kappa shape index (κ2) is 34.4. The first-order valence-electron chi connectivity index (χ1n) is 34.3. The van der Waals surface area contributed by atoms with Crippen LogP contribution in [0.3, 0.4) is 0 Å². The van der Waals surface area contributed by atoms with E-state index in [0.717, 1.165) is 74.9 Å². The van der Waals surface area contributed by atoms with Gasteiger partial charge in [-0.2, -0.15) is 10.4 Å². The third kappa shape index (κ3) is 19.1. The fraction of sp³-hybridized carbons (Fsp3) is 0.325. The van der Waals surface area contributed by atoms with Crippen LogP contribution < -0.4 is 0 Å². The maximum Gasteiger partial charge on any atom is 0.508 e. The van der Waals surface area contributed by atoms with Crippen molar-refractivity contribution in [1.29, 1.82) is 0 Å². The lowest BCUT2D eigenvalue weighted by Crippen LogP contribution is -2.24. The number of H-pyrrole nitrogens is 2. The Labute approximate surface area is 605 Å². The van der Waals surface area contributed by atoms with Gasteiger partial charge in [-0.1, -0.05) is 160 Å². The fourth-order valence-electron chi connectivity index (χ4n) is 11.9. The van der Waals surface area contributed by atoms with E-state index < -0.39 is 46.8 Å². The molecule has 105 heavy (non-hydrogen) atoms. The third-order valence-corrected chi connectivity index (χ3v) is 16.7. The van der Waals surface area contributed by atoms with E-state index >= 15 is 0 Å². The first-order chi connectivity index (χ1) is 50.1. The predicted molar refractivity (Wildman–Crippen MR) is 388 cm³/mol. The van der Waals surface area contributed by atoms with Crippen LogP contribution in [0.25, 0.3) is 56.2 Å². The Hall–Kier alpha value is -11.9. The van der Waals surface area contributed by atoms with Gasteiger partial charge in [0.15, 0.2) is 17.1 Å². The lowest BCUT2D eigenvalue weighted by Gasteiger charge is -2.18. The van der Waals surface area contributed by atoms with E-state index in [0.29, 0.717) is 67.0 Å². The van der Waals surface area contributed by atoms with Gasteiger partial charge in [0.25, 0.3) is 0 Å². The molecule has 28 nitrogen and oxygen atoms in total. The minimum absolute atomic E-state index is 0.0174. The molecule has 0 aliphatic carbocycles. The number of carboxylic acid groups (broad SMARTS) is 3. The van der Waals surface area contributed by atoms with E-state index in [9.17, 15) is 54.6 Å². The van der Waals surface area contributed by atoms with Crippen molar-refractivity contribution in [2.75, 3.05) is 19.8 Å². The van der Waals surface area contributed by atoms with Crippen molar-refractivity contribution in [1.82, 2.24) is 69.9 Å². The Morgan fingerprint density at radius 2 is 0.743 bits per heavy atom. The Morgan fingerprint density at radius 3 is 1.08 bits per heavy atom. The summed E-state index contributed by atoms with van der Waals surface area (Å²) in [6, 6.07) is 45.6. The lowest BCUT2D eigenvalue weighted by molar-refractivity contribution is 0.0223. The van der Waals surface area contributed by atoms with Crippen molar-refractivity contribution in [2.24, 2.45) is 0 Å². The first kappa shape index (κ1) is 77.3. The second-order valence-electron chi connectivity index (χ2n) is 26.1. The maximum absolute atomic E-state index is 13.3. The molecule has 0 saturated heterocycles. The molecule has 0 unspecified atom stereocenters. The highest BCUT2D eigenvalue weighted by Crippen LogP contribution is 2.35. The predicted octanol–water partition coefficient (Wildman–Crippen LogP) is 12.1. The van der Waals surface area contributed by atoms with Crippen molar-refractivity contribution in [2.45, 2.75) is 144 Å². The number of esters is 1. The molecule has 6 aromatic carbocycles. The summed E-state index contributed by atoms with van der Waals surface area (Å²) in [4.78, 5) is 74.0. The van der Waals surface area contributed by atoms with Crippen molar-refractivity contribution < 1.29 is 68.8 Å². The van der Waals surface area contributed by atoms with Crippen LogP contribution in [0.2, 0.25) is 0 Å². The smallest absolute Gasteiger partial charge is 0.478 e. The number of aromatic nitrogens is 14. The number of nitrogens with one attached hydrogen (secondary N) is 2. The van der Waals surface area contributed by atoms with Crippen LogP contribution in [0.1, 0.15) is 182 Å². The highest BCUT2D eigenvalue weighted by atomic mass is 16.7. The minimum Gasteiger partial charge on any atom is -0.478 e. The van der Waals surface area contributed by atoms with E-state index in [2.05, 4.69) is 56.2 Å². The molecule has 28 heteroatoms. The number of carbonyl (C=O) groups excluding carboxylic acids is 2. The van der Waals surface area contributed by atoms with Gasteiger partial charge in [-0.05, 0) is 134 Å². The third-order valence-electron chi connectivity index (χ3n) is 16.7. The molecule has 5 heterocycles. The quantitative estimate of drug-likeness (QED) is 0.0167. The number of hydrogen-bond donors (Lipinski definition) is 8. The number of hydrogen-bond acceptors (Lipinski definition) is 20. The number of aryl methyl sites for hydroxylation is 3. The molecule has 5 aromatic heterocycles. The number of rotatable bonds is 28. The summed E-state index contributed by atoms with van der Waals surface area (Å²) in [6.07, 6.45) is 3.35. The molecule has 0 bridgehead atoms. The van der Waals surface area contributed by atoms with Crippen LogP contribution in [-0.4, -0.2) is 150 Å². The Morgan fingerprint density at radius 1 is 0.410 bits per heavy atom. The molecular formula is C77H86N14O14. The fourth-order valence-corrected chi connectivity index (χ4v) is 11.9. The van der Waals surface area contributed by atoms with Crippen LogP contribution in [-0.2, 0) is 69.9 Å². The van der Waals surface area contributed by atoms with Crippen molar-refractivity contribution >= 4 is 30.0 Å². The summed E-state index contributed by atoms with van der Waals surface area (Å²) in [5.41, 5.74) is 6.45. The number of tetrazole rings is 2. The SMILES string of the molecule is CCCc1nc(C(C)(C)O)c(C(=O)O)n1Cc1ccc(-c2ccccc2-c2nn[nH]n2)cc1.CCCc1nc(C(C)(C)O)c(C(=O)O)n1Cc1ccc(-c2ccccc2C(=O)O)cc1.CCCc1nc(C(C)(C)O)c(C(=O)OCCOC(=O)OCC)n1Cc1ccc(-c2ccccc2-c2nn[nH]n2)cc1. The molecule has 11 aromatic rings. The number of carboxylic acids is 3. The molecule has 0 saturated carbocycles. The monoisotopic (exact) mass is 1430 g/mol. The molecular weight excluding hydrogens is 1340 g/mol. The van der Waals surface area contributed by atoms with E-state index in [1.165, 1.54) is 13.8 Å². The molecule has 0 radical (unpaired) electrons. The van der Waals surface area contributed by atoms with Crippen LogP contribution in [0.15, 0.2) is 146 Å². The van der Waals surface area contributed by atoms with Gasteiger partial charge in [0.2, 0.25) is 11.6 Å². The molecule has 0 atom stereocenters. The summed E-state index contributed by atoms with van der Waals surface area (Å²) in [5, 5.41) is 89.6. The highest BCUT2D eigenvalue weighted by Gasteiger charge is 2.35. The van der Waals surface area contributed by atoms with E-state index in [-0.39, 0.29) is 66.1 Å². The van der Waals surface area contributed by atoms with Gasteiger partial charge in [-0.3, -0.25) is 0 Å². The molecule has 0 spiro atoms. The van der Waals surface area contributed by atoms with Gasteiger partial charge in [0, 0.05) is 50.0 Å². The number of aliphatic hydroxyl groups is 3. The Balaban J connectivity index is 0.000000185. The topological polar surface area (TPSA) is 397 Å². The summed E-state index contributed by atoms with van der Waals surface area (Å²) in [6.45, 7) is 17.8. The average molecular weight is 1430 g/mol. The number of ether oxygens (including phenoxy) is 3. The van der Waals surface area contributed by atoms with Crippen molar-refractivity contribution in [3.8, 4) is 56.2 Å². The number of nitrogens with zero attached hydrogens (tertiary/aromatic N) is 12. The molecule has 548 valence electrons. The normalized spacial score (nSPS) is 11.5. The summed E-state index contributed by atoms with van der Waals surface area (Å²) in [5.74, 6) is -0.971. The van der Waals surface area contributed by atoms with Gasteiger partial charge in [0.1, 0.15) is 64.6 Å². The first-order valence-corrected chi connectivity index (χ1v) is 34.3. The molecule has 0 aliphatic heterocycles. The Bertz CT molecular complexity index is 4770. The van der Waals surface area contributed by atoms with Crippen molar-refractivity contribution in [3.63, 3.8) is 0 Å². The van der Waals surface area contributed by atoms with Gasteiger partial charge in [-0.25, -0.2) is 38.9 Å². The van der Waals surface area contributed by atoms with Crippen LogP contribution in [0.5, 0.6) is 0 Å². The zero-order valence-electron chi connectivity index (χ0n) is 60.2. The van der Waals surface area contributed by atoms with Gasteiger partial charge in [0.05, 0.1) is 12.2 Å². The minimum atomic E-state index is -1.40. The summed E-state index contributed by atoms with van der Waals surface area (Å²) in [7, 11) is 0. The summed E-state index contributed by atoms with van der Waals surface area (Å²) >= 11 is 0. The highest BCUT2D eigenvalue weighted by molar-refractivity contribution is 5.96. The standard InChI is InChI=1S/C29H34N6O6.C24H26N6O3.C24H26N2O5/c1-5-9-23-30-25(29(3,4)38)24(27(36)40-16-17-41-28(37)39-6-2)35(23)18-19-12-14-20(15-13-19)21-10-7-8-11-22(21)26-31-33-34-32-26;1-4-7-19-25-21(24(2,3)33)20(23(31)32)30(19)14-15-10-12-16(13-11-15)17-8-5-6-9-18(17)22-26-28-29-27-22;1-4-7-19-25-21(24(2,3)31)20(23(29)30)26(19)14-15-10-12-16(13-11-15)17-8-5-6-9-18(17)22(27)28/h7-8,10-15,38H,5-6,9,16-18H2,1-4H3,(H,31,32,33,34);5-6,8-13,33H,4,7,14H2,1-3H3,(H,31,32)(H,26,27,28,29);5-6,8-13,31H,4,7,14H2,1-3H3,(H,27,28)(H,29,30). The average Bonchev–Trinajstić information content (AvgIpc) is 1.64. The number of aromatic carboxylic acids is 3. The molecule has 0 fully saturated rings. The number of imidazole rings is 3. The van der Waals surface area contributed by atoms with Crippen LogP contribution >= 0.6 is 0 Å². The van der Waals surface area contributed by atoms with Gasteiger partial charge in [-0.15, -0.1) is 20.4 Å². The van der Waals surface area contributed by atoms with Crippen molar-refractivity contribution in [3.05, 3.63) is 219 Å². The zero-order valence-corrected chi connectivity index (χ0v) is 60.2. The van der Waals surface area contributed by atoms with E-state index in [1.54, 1.807) is 72.6 Å². The number of aromatic amines is 2. The Kier molecular flexibility index (Phi) is 25.3. The zero-order chi connectivity index (χ0) is 75.8. The largest absolute Gasteiger partial charge is 0.508 e. The lowest BCUT2D eigenvalue weighted by atomic mass is 9.98. The maximum atomic E-state index is 13.3. The van der Waals surface area contributed by atoms with E-state index in [4.69, 9.17) is 14.2 Å². The molecule has 0 aliphatic rings. The van der Waals surface area contributed by atoms with Gasteiger partial charge < -0.3 is 58.6 Å². The molecule has 8 N–H and O–H groups in total. The number of carbonyl (C=O) groups is 5. The van der Waals surface area contributed by atoms with E-state index in [1.807, 2.05) is 142 Å². The number of benzene rings is 6.